The van der Waals surface area contributed by atoms with E-state index in [1.165, 1.54) is 0 Å². The van der Waals surface area contributed by atoms with Crippen molar-refractivity contribution in [2.75, 3.05) is 11.5 Å². The summed E-state index contributed by atoms with van der Waals surface area (Å²) in [6, 6.07) is 0.951. The Morgan fingerprint density at radius 3 is 2.45 bits per heavy atom. The predicted molar refractivity (Wildman–Crippen MR) is 64.0 cm³/mol. The summed E-state index contributed by atoms with van der Waals surface area (Å²) in [6.07, 6.45) is 0. The van der Waals surface area contributed by atoms with Gasteiger partial charge in [0.1, 0.15) is 11.5 Å². The van der Waals surface area contributed by atoms with Gasteiger partial charge in [0.15, 0.2) is 16.8 Å². The van der Waals surface area contributed by atoms with Crippen LogP contribution in [0.1, 0.15) is 0 Å². The summed E-state index contributed by atoms with van der Waals surface area (Å²) in [5, 5.41) is 15.4. The van der Waals surface area contributed by atoms with Crippen molar-refractivity contribution < 1.29 is 23.1 Å². The van der Waals surface area contributed by atoms with E-state index in [0.717, 1.165) is 4.57 Å². The van der Waals surface area contributed by atoms with Crippen molar-refractivity contribution in [2.45, 2.75) is 5.16 Å². The molecule has 0 aliphatic rings. The van der Waals surface area contributed by atoms with Crippen LogP contribution >= 0.6 is 11.8 Å². The number of carboxylic acid groups (broad SMARTS) is 1. The van der Waals surface area contributed by atoms with E-state index in [-0.39, 0.29) is 11.1 Å². The van der Waals surface area contributed by atoms with Gasteiger partial charge < -0.3 is 10.8 Å². The molecule has 0 radical (unpaired) electrons. The van der Waals surface area contributed by atoms with Crippen LogP contribution in [0.25, 0.3) is 5.69 Å². The Balaban J connectivity index is 2.52. The van der Waals surface area contributed by atoms with Crippen molar-refractivity contribution in [3.8, 4) is 5.69 Å². The van der Waals surface area contributed by atoms with Gasteiger partial charge in [0.25, 0.3) is 0 Å². The first-order valence-electron chi connectivity index (χ1n) is 5.10. The number of carbonyl (C=O) groups is 1. The van der Waals surface area contributed by atoms with Crippen LogP contribution in [0, 0.1) is 17.5 Å². The molecule has 0 bridgehead atoms. The van der Waals surface area contributed by atoms with E-state index >= 15 is 0 Å². The summed E-state index contributed by atoms with van der Waals surface area (Å²) in [5.41, 5.74) is 4.79. The minimum absolute atomic E-state index is 0.116. The van der Waals surface area contributed by atoms with E-state index in [9.17, 15) is 18.0 Å². The lowest BCUT2D eigenvalue weighted by Crippen LogP contribution is -2.08. The Labute approximate surface area is 114 Å². The summed E-state index contributed by atoms with van der Waals surface area (Å²) >= 11 is 0.675. The fourth-order valence-electron chi connectivity index (χ4n) is 1.46. The van der Waals surface area contributed by atoms with Crippen LogP contribution < -0.4 is 5.73 Å². The lowest BCUT2D eigenvalue weighted by molar-refractivity contribution is -0.133. The number of aromatic nitrogens is 3. The smallest absolute Gasteiger partial charge is 0.313 e. The van der Waals surface area contributed by atoms with Gasteiger partial charge in [0, 0.05) is 12.1 Å². The number of rotatable bonds is 4. The standard InChI is InChI=1S/C10H7F3N4O2S/c11-4-1-5(12)8(6(13)2-4)17-9(14)15-16-10(17)20-3-7(18)19/h1-2H,3H2,(H2,14,15)(H,18,19). The van der Waals surface area contributed by atoms with E-state index in [1.54, 1.807) is 0 Å². The van der Waals surface area contributed by atoms with Crippen LogP contribution in [0.2, 0.25) is 0 Å². The van der Waals surface area contributed by atoms with Gasteiger partial charge >= 0.3 is 5.97 Å². The molecule has 0 fully saturated rings. The minimum atomic E-state index is -1.20. The van der Waals surface area contributed by atoms with Crippen molar-refractivity contribution >= 4 is 23.7 Å². The van der Waals surface area contributed by atoms with Crippen LogP contribution in [0.5, 0.6) is 0 Å². The molecule has 0 unspecified atom stereocenters. The van der Waals surface area contributed by atoms with Crippen molar-refractivity contribution in [3.63, 3.8) is 0 Å². The molecule has 3 N–H and O–H groups in total. The zero-order valence-electron chi connectivity index (χ0n) is 9.68. The van der Waals surface area contributed by atoms with Gasteiger partial charge in [-0.05, 0) is 0 Å². The monoisotopic (exact) mass is 304 g/mol. The summed E-state index contributed by atoms with van der Waals surface area (Å²) < 4.78 is 41.1. The Hall–Kier alpha value is -2.23. The normalized spacial score (nSPS) is 10.8. The van der Waals surface area contributed by atoms with Crippen molar-refractivity contribution in [3.05, 3.63) is 29.6 Å². The van der Waals surface area contributed by atoms with Crippen LogP contribution in [0.4, 0.5) is 19.1 Å². The summed E-state index contributed by atoms with van der Waals surface area (Å²) in [7, 11) is 0. The molecule has 106 valence electrons. The van der Waals surface area contributed by atoms with E-state index in [2.05, 4.69) is 10.2 Å². The molecule has 1 heterocycles. The van der Waals surface area contributed by atoms with Crippen LogP contribution in [-0.4, -0.2) is 31.6 Å². The highest BCUT2D eigenvalue weighted by molar-refractivity contribution is 7.99. The summed E-state index contributed by atoms with van der Waals surface area (Å²) in [4.78, 5) is 10.5. The molecule has 6 nitrogen and oxygen atoms in total. The van der Waals surface area contributed by atoms with E-state index in [4.69, 9.17) is 10.8 Å². The topological polar surface area (TPSA) is 94.0 Å². The number of anilines is 1. The average Bonchev–Trinajstić information content (AvgIpc) is 2.67. The Morgan fingerprint density at radius 2 is 1.90 bits per heavy atom. The first-order chi connectivity index (χ1) is 9.40. The zero-order chi connectivity index (χ0) is 14.9. The van der Waals surface area contributed by atoms with Gasteiger partial charge in [-0.2, -0.15) is 0 Å². The number of aliphatic carboxylic acids is 1. The SMILES string of the molecule is Nc1nnc(SCC(=O)O)n1-c1c(F)cc(F)cc1F. The number of nitrogen functional groups attached to an aromatic ring is 1. The average molecular weight is 304 g/mol. The molecule has 0 saturated heterocycles. The van der Waals surface area contributed by atoms with Crippen molar-refractivity contribution in [1.82, 2.24) is 14.8 Å². The van der Waals surface area contributed by atoms with Gasteiger partial charge in [-0.15, -0.1) is 10.2 Å². The van der Waals surface area contributed by atoms with Crippen LogP contribution in [-0.2, 0) is 4.79 Å². The number of hydrogen-bond acceptors (Lipinski definition) is 5. The predicted octanol–water partition coefficient (Wildman–Crippen LogP) is 1.44. The molecule has 0 spiro atoms. The Bertz CT molecular complexity index is 654. The lowest BCUT2D eigenvalue weighted by Gasteiger charge is -2.09. The van der Waals surface area contributed by atoms with Crippen LogP contribution in [0.15, 0.2) is 17.3 Å². The number of thioether (sulfide) groups is 1. The number of carboxylic acids is 1. The number of benzene rings is 1. The molecule has 1 aromatic heterocycles. The summed E-state index contributed by atoms with van der Waals surface area (Å²) in [5.74, 6) is -5.39. The second-order valence-electron chi connectivity index (χ2n) is 3.58. The van der Waals surface area contributed by atoms with Gasteiger partial charge in [0.2, 0.25) is 5.95 Å². The quantitative estimate of drug-likeness (QED) is 0.830. The van der Waals surface area contributed by atoms with Gasteiger partial charge in [0.05, 0.1) is 5.75 Å². The third-order valence-corrected chi connectivity index (χ3v) is 3.10. The molecule has 0 amide bonds. The van der Waals surface area contributed by atoms with E-state index in [0.29, 0.717) is 23.9 Å². The highest BCUT2D eigenvalue weighted by Gasteiger charge is 2.21. The second-order valence-corrected chi connectivity index (χ2v) is 4.52. The van der Waals surface area contributed by atoms with E-state index < -0.39 is 34.9 Å². The molecular weight excluding hydrogens is 297 g/mol. The second kappa shape index (κ2) is 5.41. The maximum atomic E-state index is 13.7. The molecule has 1 aromatic carbocycles. The summed E-state index contributed by atoms with van der Waals surface area (Å²) in [6.45, 7) is 0. The largest absolute Gasteiger partial charge is 0.481 e. The zero-order valence-corrected chi connectivity index (χ0v) is 10.5. The van der Waals surface area contributed by atoms with Crippen LogP contribution in [0.3, 0.4) is 0 Å². The number of halogens is 3. The molecule has 0 aliphatic carbocycles. The third-order valence-electron chi connectivity index (χ3n) is 2.19. The number of nitrogens with two attached hydrogens (primary N) is 1. The highest BCUT2D eigenvalue weighted by atomic mass is 32.2. The number of hydrogen-bond donors (Lipinski definition) is 2. The first-order valence-corrected chi connectivity index (χ1v) is 6.09. The maximum Gasteiger partial charge on any atom is 0.313 e. The molecule has 0 atom stereocenters. The molecule has 2 aromatic rings. The highest BCUT2D eigenvalue weighted by Crippen LogP contribution is 2.27. The van der Waals surface area contributed by atoms with Gasteiger partial charge in [-0.25, -0.2) is 13.2 Å². The molecule has 2 rings (SSSR count). The maximum absolute atomic E-state index is 13.7. The minimum Gasteiger partial charge on any atom is -0.481 e. The lowest BCUT2D eigenvalue weighted by atomic mass is 10.3. The van der Waals surface area contributed by atoms with Gasteiger partial charge in [-0.1, -0.05) is 11.8 Å². The van der Waals surface area contributed by atoms with Gasteiger partial charge in [-0.3, -0.25) is 9.36 Å². The first kappa shape index (κ1) is 14.2. The fourth-order valence-corrected chi connectivity index (χ4v) is 2.12. The fraction of sp³-hybridized carbons (Fsp3) is 0.100. The molecular formula is C10H7F3N4O2S. The third kappa shape index (κ3) is 2.69. The van der Waals surface area contributed by atoms with E-state index in [1.807, 2.05) is 0 Å². The molecule has 10 heteroatoms. The van der Waals surface area contributed by atoms with Crippen molar-refractivity contribution in [1.29, 1.82) is 0 Å². The molecule has 20 heavy (non-hydrogen) atoms. The molecule has 0 saturated carbocycles. The Kier molecular flexibility index (Phi) is 3.84. The molecule has 0 aliphatic heterocycles. The number of nitrogens with zero attached hydrogens (tertiary/aromatic N) is 3. The van der Waals surface area contributed by atoms with Crippen molar-refractivity contribution in [2.24, 2.45) is 0 Å². The Morgan fingerprint density at radius 1 is 1.30 bits per heavy atom.